The van der Waals surface area contributed by atoms with Crippen LogP contribution in [-0.4, -0.2) is 6.61 Å². The van der Waals surface area contributed by atoms with Crippen molar-refractivity contribution in [3.05, 3.63) is 28.8 Å². The summed E-state index contributed by atoms with van der Waals surface area (Å²) in [6, 6.07) is 7.30. The number of nitriles is 1. The molecule has 0 N–H and O–H groups in total. The van der Waals surface area contributed by atoms with E-state index >= 15 is 0 Å². The van der Waals surface area contributed by atoms with Gasteiger partial charge in [0, 0.05) is 0 Å². The first-order valence-electron chi connectivity index (χ1n) is 5.25. The van der Waals surface area contributed by atoms with Crippen molar-refractivity contribution in [3.8, 4) is 11.8 Å². The number of rotatable bonds is 3. The van der Waals surface area contributed by atoms with Gasteiger partial charge in [0.1, 0.15) is 17.4 Å². The van der Waals surface area contributed by atoms with Crippen LogP contribution < -0.4 is 4.74 Å². The van der Waals surface area contributed by atoms with Gasteiger partial charge in [-0.2, -0.15) is 5.26 Å². The summed E-state index contributed by atoms with van der Waals surface area (Å²) >= 11 is 5.90. The van der Waals surface area contributed by atoms with E-state index in [9.17, 15) is 0 Å². The van der Waals surface area contributed by atoms with Crippen LogP contribution in [0.15, 0.2) is 18.2 Å². The summed E-state index contributed by atoms with van der Waals surface area (Å²) in [7, 11) is 0. The summed E-state index contributed by atoms with van der Waals surface area (Å²) in [5, 5.41) is 9.38. The van der Waals surface area contributed by atoms with Gasteiger partial charge in [0.15, 0.2) is 0 Å². The van der Waals surface area contributed by atoms with E-state index in [2.05, 4.69) is 26.8 Å². The summed E-state index contributed by atoms with van der Waals surface area (Å²) in [5.41, 5.74) is 0.642. The van der Waals surface area contributed by atoms with Crippen molar-refractivity contribution in [2.45, 2.75) is 27.2 Å². The second-order valence-corrected chi connectivity index (χ2v) is 5.29. The van der Waals surface area contributed by atoms with Gasteiger partial charge < -0.3 is 4.74 Å². The highest BCUT2D eigenvalue weighted by Gasteiger charge is 2.12. The van der Waals surface area contributed by atoms with Gasteiger partial charge >= 0.3 is 0 Å². The van der Waals surface area contributed by atoms with Gasteiger partial charge in [-0.15, -0.1) is 0 Å². The maximum Gasteiger partial charge on any atom is 0.138 e. The summed E-state index contributed by atoms with van der Waals surface area (Å²) in [6.45, 7) is 7.05. The summed E-state index contributed by atoms with van der Waals surface area (Å²) in [6.07, 6.45) is 0.935. The molecule has 16 heavy (non-hydrogen) atoms. The molecule has 0 aliphatic heterocycles. The third-order valence-corrected chi connectivity index (χ3v) is 2.51. The van der Waals surface area contributed by atoms with Crippen molar-refractivity contribution in [3.63, 3.8) is 0 Å². The molecule has 0 spiro atoms. The lowest BCUT2D eigenvalue weighted by Crippen LogP contribution is -2.11. The van der Waals surface area contributed by atoms with Crippen molar-refractivity contribution in [1.29, 1.82) is 5.26 Å². The molecule has 0 unspecified atom stereocenters. The summed E-state index contributed by atoms with van der Waals surface area (Å²) < 4.78 is 5.58. The molecule has 0 fully saturated rings. The smallest absolute Gasteiger partial charge is 0.138 e. The van der Waals surface area contributed by atoms with Crippen molar-refractivity contribution in [2.24, 2.45) is 5.41 Å². The lowest BCUT2D eigenvalue weighted by Gasteiger charge is -2.18. The molecular weight excluding hydrogens is 222 g/mol. The average Bonchev–Trinajstić information content (AvgIpc) is 2.16. The molecule has 0 heterocycles. The number of benzene rings is 1. The van der Waals surface area contributed by atoms with E-state index in [4.69, 9.17) is 21.6 Å². The Balaban J connectivity index is 2.68. The third-order valence-electron chi connectivity index (χ3n) is 2.20. The Hall–Kier alpha value is -1.20. The van der Waals surface area contributed by atoms with Gasteiger partial charge in [-0.25, -0.2) is 0 Å². The number of nitrogens with zero attached hydrogens (tertiary/aromatic N) is 1. The second-order valence-electron chi connectivity index (χ2n) is 4.88. The molecule has 0 aromatic heterocycles. The Labute approximate surface area is 102 Å². The summed E-state index contributed by atoms with van der Waals surface area (Å²) in [4.78, 5) is 0. The van der Waals surface area contributed by atoms with Crippen molar-refractivity contribution in [1.82, 2.24) is 0 Å². The molecule has 1 rings (SSSR count). The lowest BCUT2D eigenvalue weighted by atomic mass is 9.93. The molecule has 0 saturated carbocycles. The van der Waals surface area contributed by atoms with E-state index in [1.165, 1.54) is 0 Å². The molecule has 1 aromatic rings. The predicted molar refractivity (Wildman–Crippen MR) is 65.7 cm³/mol. The zero-order valence-electron chi connectivity index (χ0n) is 9.88. The van der Waals surface area contributed by atoms with Gasteiger partial charge in [0.2, 0.25) is 0 Å². The van der Waals surface area contributed by atoms with E-state index in [1.54, 1.807) is 18.2 Å². The topological polar surface area (TPSA) is 33.0 Å². The molecule has 3 heteroatoms. The molecule has 1 aromatic carbocycles. The SMILES string of the molecule is CC(C)(C)CCOc1cccc(Cl)c1C#N. The highest BCUT2D eigenvalue weighted by atomic mass is 35.5. The Kier molecular flexibility index (Phi) is 4.20. The monoisotopic (exact) mass is 237 g/mol. The lowest BCUT2D eigenvalue weighted by molar-refractivity contribution is 0.242. The van der Waals surface area contributed by atoms with E-state index < -0.39 is 0 Å². The molecule has 86 valence electrons. The summed E-state index contributed by atoms with van der Waals surface area (Å²) in [5.74, 6) is 0.569. The van der Waals surface area contributed by atoms with Gasteiger partial charge in [0.25, 0.3) is 0 Å². The Morgan fingerprint density at radius 2 is 2.06 bits per heavy atom. The first kappa shape index (κ1) is 12.9. The Morgan fingerprint density at radius 1 is 1.38 bits per heavy atom. The third kappa shape index (κ3) is 3.75. The molecule has 0 aliphatic carbocycles. The van der Waals surface area contributed by atoms with Crippen LogP contribution in [0.5, 0.6) is 5.75 Å². The number of hydrogen-bond donors (Lipinski definition) is 0. The first-order valence-corrected chi connectivity index (χ1v) is 5.63. The minimum atomic E-state index is 0.228. The van der Waals surface area contributed by atoms with Gasteiger partial charge in [-0.1, -0.05) is 38.4 Å². The minimum absolute atomic E-state index is 0.228. The van der Waals surface area contributed by atoms with Crippen LogP contribution in [0, 0.1) is 16.7 Å². The molecule has 0 aliphatic rings. The van der Waals surface area contributed by atoms with E-state index in [-0.39, 0.29) is 5.41 Å². The van der Waals surface area contributed by atoms with Gasteiger partial charge in [-0.05, 0) is 24.0 Å². The van der Waals surface area contributed by atoms with E-state index in [1.807, 2.05) is 0 Å². The predicted octanol–water partition coefficient (Wildman–Crippen LogP) is 4.03. The van der Waals surface area contributed by atoms with Crippen LogP contribution in [0.1, 0.15) is 32.8 Å². The quantitative estimate of drug-likeness (QED) is 0.795. The largest absolute Gasteiger partial charge is 0.492 e. The molecule has 0 saturated heterocycles. The molecular formula is C13H16ClNO. The minimum Gasteiger partial charge on any atom is -0.492 e. The van der Waals surface area contributed by atoms with Crippen molar-refractivity contribution < 1.29 is 4.74 Å². The first-order chi connectivity index (χ1) is 7.44. The van der Waals surface area contributed by atoms with Crippen LogP contribution in [0.2, 0.25) is 5.02 Å². The number of hydrogen-bond acceptors (Lipinski definition) is 2. The van der Waals surface area contributed by atoms with Crippen LogP contribution in [0.25, 0.3) is 0 Å². The molecule has 2 nitrogen and oxygen atoms in total. The highest BCUT2D eigenvalue weighted by molar-refractivity contribution is 6.31. The maximum atomic E-state index is 8.94. The van der Waals surface area contributed by atoms with E-state index in [0.717, 1.165) is 6.42 Å². The fourth-order valence-corrected chi connectivity index (χ4v) is 1.41. The number of halogens is 1. The molecule has 0 radical (unpaired) electrons. The van der Waals surface area contributed by atoms with Crippen molar-refractivity contribution in [2.75, 3.05) is 6.61 Å². The fourth-order valence-electron chi connectivity index (χ4n) is 1.20. The van der Waals surface area contributed by atoms with Crippen LogP contribution in [0.3, 0.4) is 0 Å². The zero-order valence-corrected chi connectivity index (χ0v) is 10.6. The molecule has 0 atom stereocenters. The normalized spacial score (nSPS) is 10.9. The zero-order chi connectivity index (χ0) is 12.2. The standard InChI is InChI=1S/C13H16ClNO/c1-13(2,3)7-8-16-12-6-4-5-11(14)10(12)9-15/h4-6H,7-8H2,1-3H3. The molecule has 0 amide bonds. The molecule has 0 bridgehead atoms. The van der Waals surface area contributed by atoms with Gasteiger partial charge in [0.05, 0.1) is 11.6 Å². The maximum absolute atomic E-state index is 8.94. The van der Waals surface area contributed by atoms with Crippen molar-refractivity contribution >= 4 is 11.6 Å². The highest BCUT2D eigenvalue weighted by Crippen LogP contribution is 2.26. The Bertz CT molecular complexity index is 401. The van der Waals surface area contributed by atoms with Crippen LogP contribution in [0.4, 0.5) is 0 Å². The average molecular weight is 238 g/mol. The fraction of sp³-hybridized carbons (Fsp3) is 0.462. The number of ether oxygens (including phenoxy) is 1. The second kappa shape index (κ2) is 5.23. The van der Waals surface area contributed by atoms with Crippen LogP contribution in [-0.2, 0) is 0 Å². The van der Waals surface area contributed by atoms with E-state index in [0.29, 0.717) is 22.9 Å². The Morgan fingerprint density at radius 3 is 2.62 bits per heavy atom. The van der Waals surface area contributed by atoms with Crippen LogP contribution >= 0.6 is 11.6 Å². The van der Waals surface area contributed by atoms with Gasteiger partial charge in [-0.3, -0.25) is 0 Å².